The zero-order valence-electron chi connectivity index (χ0n) is 18.5. The number of rotatable bonds is 7. The van der Waals surface area contributed by atoms with Gasteiger partial charge < -0.3 is 5.73 Å². The van der Waals surface area contributed by atoms with Gasteiger partial charge in [-0.2, -0.15) is 0 Å². The lowest BCUT2D eigenvalue weighted by Crippen LogP contribution is -2.46. The molecule has 5 nitrogen and oxygen atoms in total. The molecule has 3 rings (SSSR count). The van der Waals surface area contributed by atoms with Crippen LogP contribution in [0.5, 0.6) is 0 Å². The van der Waals surface area contributed by atoms with Crippen molar-refractivity contribution in [2.45, 2.75) is 70.2 Å². The normalized spacial score (nSPS) is 24.0. The van der Waals surface area contributed by atoms with Crippen molar-refractivity contribution < 1.29 is 4.79 Å². The molecule has 1 saturated heterocycles. The van der Waals surface area contributed by atoms with E-state index in [2.05, 4.69) is 61.3 Å². The summed E-state index contributed by atoms with van der Waals surface area (Å²) in [5.41, 5.74) is 6.84. The summed E-state index contributed by atoms with van der Waals surface area (Å²) in [7, 11) is 0. The van der Waals surface area contributed by atoms with Crippen molar-refractivity contribution in [1.29, 1.82) is 0 Å². The minimum atomic E-state index is -0.684. The van der Waals surface area contributed by atoms with Gasteiger partial charge in [0.1, 0.15) is 5.54 Å². The van der Waals surface area contributed by atoms with Gasteiger partial charge in [0, 0.05) is 24.5 Å². The van der Waals surface area contributed by atoms with Gasteiger partial charge in [-0.3, -0.25) is 9.69 Å². The number of nitrogens with two attached hydrogens (primary N) is 1. The van der Waals surface area contributed by atoms with E-state index in [1.165, 1.54) is 10.5 Å². The highest BCUT2D eigenvalue weighted by Crippen LogP contribution is 2.32. The molecule has 1 aromatic carbocycles. The highest BCUT2D eigenvalue weighted by atomic mass is 32.2. The summed E-state index contributed by atoms with van der Waals surface area (Å²) in [4.78, 5) is 20.5. The van der Waals surface area contributed by atoms with Crippen molar-refractivity contribution in [2.75, 3.05) is 19.6 Å². The van der Waals surface area contributed by atoms with E-state index in [9.17, 15) is 4.79 Å². The number of hydrogen-bond donors (Lipinski definition) is 1. The molecule has 1 amide bonds. The van der Waals surface area contributed by atoms with Crippen LogP contribution in [0.2, 0.25) is 0 Å². The number of nitrogens with zero attached hydrogens (tertiary/aromatic N) is 3. The number of hydrogen-bond acceptors (Lipinski definition) is 5. The molecule has 2 aliphatic heterocycles. The summed E-state index contributed by atoms with van der Waals surface area (Å²) in [6, 6.07) is 8.91. The topological polar surface area (TPSA) is 61.9 Å². The van der Waals surface area contributed by atoms with E-state index < -0.39 is 5.54 Å². The molecule has 29 heavy (non-hydrogen) atoms. The molecule has 2 aliphatic rings. The Morgan fingerprint density at radius 3 is 2.34 bits per heavy atom. The van der Waals surface area contributed by atoms with E-state index >= 15 is 0 Å². The largest absolute Gasteiger partial charge is 0.369 e. The first-order chi connectivity index (χ1) is 13.7. The molecule has 2 heterocycles. The number of aliphatic imine (C=N–C) groups is 1. The Morgan fingerprint density at radius 2 is 1.79 bits per heavy atom. The third-order valence-electron chi connectivity index (χ3n) is 5.95. The highest BCUT2D eigenvalue weighted by Gasteiger charge is 2.44. The number of guanidine groups is 1. The van der Waals surface area contributed by atoms with Crippen molar-refractivity contribution in [2.24, 2.45) is 22.6 Å². The lowest BCUT2D eigenvalue weighted by molar-refractivity contribution is -0.131. The maximum Gasteiger partial charge on any atom is 0.257 e. The Kier molecular flexibility index (Phi) is 6.94. The molecule has 0 spiro atoms. The van der Waals surface area contributed by atoms with Crippen molar-refractivity contribution in [3.05, 3.63) is 29.8 Å². The first kappa shape index (κ1) is 22.2. The lowest BCUT2D eigenvalue weighted by Gasteiger charge is -2.33. The van der Waals surface area contributed by atoms with Crippen molar-refractivity contribution in [3.8, 4) is 0 Å². The molecule has 0 aromatic heterocycles. The van der Waals surface area contributed by atoms with E-state index in [1.54, 1.807) is 4.90 Å². The number of piperidine rings is 1. The second-order valence-electron chi connectivity index (χ2n) is 9.45. The van der Waals surface area contributed by atoms with Crippen LogP contribution in [-0.2, 0) is 4.79 Å². The minimum Gasteiger partial charge on any atom is -0.369 e. The third-order valence-corrected chi connectivity index (χ3v) is 7.05. The first-order valence-corrected chi connectivity index (χ1v) is 11.7. The Hall–Kier alpha value is -1.53. The van der Waals surface area contributed by atoms with Crippen LogP contribution >= 0.6 is 11.9 Å². The smallest absolute Gasteiger partial charge is 0.257 e. The Labute approximate surface area is 180 Å². The predicted octanol–water partition coefficient (Wildman–Crippen LogP) is 4.49. The zero-order valence-corrected chi connectivity index (χ0v) is 19.3. The highest BCUT2D eigenvalue weighted by molar-refractivity contribution is 7.97. The van der Waals surface area contributed by atoms with E-state index in [0.717, 1.165) is 32.4 Å². The van der Waals surface area contributed by atoms with Gasteiger partial charge in [0.2, 0.25) is 0 Å². The van der Waals surface area contributed by atoms with E-state index in [4.69, 9.17) is 5.73 Å². The van der Waals surface area contributed by atoms with Gasteiger partial charge in [0.25, 0.3) is 5.91 Å². The van der Waals surface area contributed by atoms with Gasteiger partial charge >= 0.3 is 0 Å². The average Bonchev–Trinajstić information content (AvgIpc) is 2.86. The zero-order chi connectivity index (χ0) is 21.2. The maximum atomic E-state index is 12.9. The number of benzene rings is 1. The second-order valence-corrected chi connectivity index (χ2v) is 10.6. The molecule has 1 aromatic rings. The Bertz CT molecular complexity index is 738. The molecule has 1 unspecified atom stereocenters. The summed E-state index contributed by atoms with van der Waals surface area (Å²) in [6.45, 7) is 13.4. The summed E-state index contributed by atoms with van der Waals surface area (Å²) < 4.78 is 2.44. The maximum absolute atomic E-state index is 12.9. The van der Waals surface area contributed by atoms with Gasteiger partial charge in [0.15, 0.2) is 5.96 Å². The molecule has 6 heteroatoms. The first-order valence-electron chi connectivity index (χ1n) is 10.9. The summed E-state index contributed by atoms with van der Waals surface area (Å²) in [6.07, 6.45) is 2.90. The molecule has 0 aliphatic carbocycles. The van der Waals surface area contributed by atoms with E-state index in [1.807, 2.05) is 18.9 Å². The second kappa shape index (κ2) is 9.09. The number of amides is 1. The van der Waals surface area contributed by atoms with Crippen LogP contribution in [0.25, 0.3) is 0 Å². The van der Waals surface area contributed by atoms with Gasteiger partial charge in [-0.1, -0.05) is 39.8 Å². The predicted molar refractivity (Wildman–Crippen MR) is 122 cm³/mol. The van der Waals surface area contributed by atoms with Gasteiger partial charge in [-0.25, -0.2) is 9.30 Å². The quantitative estimate of drug-likeness (QED) is 0.665. The van der Waals surface area contributed by atoms with Crippen LogP contribution in [0, 0.1) is 11.8 Å². The van der Waals surface area contributed by atoms with Crippen molar-refractivity contribution >= 4 is 23.8 Å². The standard InChI is InChI=1S/C23H36N4OS/c1-16(2)14-23(5)21(28)27(22(24)25-23)15-18-10-12-26(13-11-18)29-20-8-6-19(7-9-20)17(3)4/h6-9,16-18H,10-15H2,1-5H3,(H2,24,25). The van der Waals surface area contributed by atoms with Crippen LogP contribution in [0.3, 0.4) is 0 Å². The Morgan fingerprint density at radius 1 is 1.17 bits per heavy atom. The molecule has 1 atom stereocenters. The fourth-order valence-corrected chi connectivity index (χ4v) is 5.31. The average molecular weight is 417 g/mol. The fraction of sp³-hybridized carbons (Fsp3) is 0.652. The minimum absolute atomic E-state index is 0.0748. The van der Waals surface area contributed by atoms with Crippen LogP contribution in [0.4, 0.5) is 0 Å². The van der Waals surface area contributed by atoms with E-state index in [-0.39, 0.29) is 5.91 Å². The number of carbonyl (C=O) groups excluding carboxylic acids is 1. The summed E-state index contributed by atoms with van der Waals surface area (Å²) in [5.74, 6) is 1.94. The van der Waals surface area contributed by atoms with Crippen LogP contribution in [0.15, 0.2) is 34.2 Å². The van der Waals surface area contributed by atoms with E-state index in [0.29, 0.717) is 30.3 Å². The fourth-order valence-electron chi connectivity index (χ4n) is 4.36. The van der Waals surface area contributed by atoms with Gasteiger partial charge in [-0.05, 0) is 73.6 Å². The monoisotopic (exact) mass is 416 g/mol. The molecule has 2 N–H and O–H groups in total. The lowest BCUT2D eigenvalue weighted by atomic mass is 9.90. The summed E-state index contributed by atoms with van der Waals surface area (Å²) >= 11 is 1.84. The molecule has 0 saturated carbocycles. The molecular formula is C23H36N4OS. The molecular weight excluding hydrogens is 380 g/mol. The Balaban J connectivity index is 1.50. The van der Waals surface area contributed by atoms with Crippen molar-refractivity contribution in [3.63, 3.8) is 0 Å². The number of carbonyl (C=O) groups is 1. The van der Waals surface area contributed by atoms with Crippen molar-refractivity contribution in [1.82, 2.24) is 9.21 Å². The summed E-state index contributed by atoms with van der Waals surface area (Å²) in [5, 5.41) is 0. The van der Waals surface area contributed by atoms with Crippen LogP contribution in [0.1, 0.15) is 65.4 Å². The SMILES string of the molecule is CC(C)CC1(C)N=C(N)N(CC2CCN(Sc3ccc(C(C)C)cc3)CC2)C1=O. The van der Waals surface area contributed by atoms with Gasteiger partial charge in [-0.15, -0.1) is 0 Å². The van der Waals surface area contributed by atoms with Crippen LogP contribution < -0.4 is 5.73 Å². The molecule has 0 radical (unpaired) electrons. The molecule has 160 valence electrons. The van der Waals surface area contributed by atoms with Crippen LogP contribution in [-0.4, -0.2) is 46.2 Å². The van der Waals surface area contributed by atoms with Gasteiger partial charge in [0.05, 0.1) is 0 Å². The molecule has 0 bridgehead atoms. The third kappa shape index (κ3) is 5.34. The molecule has 1 fully saturated rings.